The largest absolute Gasteiger partial charge is 0.384 e. The first-order chi connectivity index (χ1) is 13.1. The molecular formula is C21H35Cl2N3O3. The number of hydrogen-bond acceptors (Lipinski definition) is 5. The van der Waals surface area contributed by atoms with Crippen molar-refractivity contribution in [3.63, 3.8) is 0 Å². The van der Waals surface area contributed by atoms with Crippen molar-refractivity contribution in [2.24, 2.45) is 5.41 Å². The molecule has 0 bridgehead atoms. The van der Waals surface area contributed by atoms with Crippen molar-refractivity contribution in [3.05, 3.63) is 35.4 Å². The van der Waals surface area contributed by atoms with E-state index in [1.807, 2.05) is 0 Å². The van der Waals surface area contributed by atoms with E-state index >= 15 is 0 Å². The zero-order chi connectivity index (χ0) is 19.1. The molecule has 0 spiro atoms. The third-order valence-electron chi connectivity index (χ3n) is 5.83. The molecule has 1 aromatic carbocycles. The molecule has 1 unspecified atom stereocenters. The van der Waals surface area contributed by atoms with Gasteiger partial charge in [-0.3, -0.25) is 9.69 Å². The van der Waals surface area contributed by atoms with Crippen molar-refractivity contribution >= 4 is 30.7 Å². The van der Waals surface area contributed by atoms with E-state index in [4.69, 9.17) is 9.47 Å². The van der Waals surface area contributed by atoms with E-state index in [-0.39, 0.29) is 36.8 Å². The Balaban J connectivity index is 0.00000210. The van der Waals surface area contributed by atoms with Gasteiger partial charge in [0.05, 0.1) is 31.3 Å². The Hall–Kier alpha value is -0.890. The van der Waals surface area contributed by atoms with Gasteiger partial charge in [0.1, 0.15) is 0 Å². The maximum atomic E-state index is 13.1. The number of aryl methyl sites for hydroxylation is 1. The van der Waals surface area contributed by atoms with Crippen LogP contribution in [0.3, 0.4) is 0 Å². The van der Waals surface area contributed by atoms with Crippen LogP contribution in [0.4, 0.5) is 0 Å². The van der Waals surface area contributed by atoms with Gasteiger partial charge in [-0.25, -0.2) is 0 Å². The summed E-state index contributed by atoms with van der Waals surface area (Å²) in [7, 11) is 1.68. The molecule has 2 aliphatic rings. The molecule has 0 saturated carbocycles. The Morgan fingerprint density at radius 1 is 1.28 bits per heavy atom. The first-order valence-corrected chi connectivity index (χ1v) is 10.0. The number of amides is 1. The van der Waals surface area contributed by atoms with Gasteiger partial charge in [0.2, 0.25) is 5.91 Å². The number of nitrogens with one attached hydrogen (secondary N) is 2. The second-order valence-electron chi connectivity index (χ2n) is 7.75. The van der Waals surface area contributed by atoms with Crippen LogP contribution in [0.25, 0.3) is 0 Å². The van der Waals surface area contributed by atoms with E-state index in [9.17, 15) is 4.79 Å². The number of benzene rings is 1. The van der Waals surface area contributed by atoms with Crippen LogP contribution < -0.4 is 10.6 Å². The van der Waals surface area contributed by atoms with Gasteiger partial charge in [-0.15, -0.1) is 24.8 Å². The van der Waals surface area contributed by atoms with E-state index < -0.39 is 5.41 Å². The summed E-state index contributed by atoms with van der Waals surface area (Å²) in [5, 5.41) is 6.61. The van der Waals surface area contributed by atoms with Gasteiger partial charge < -0.3 is 20.1 Å². The van der Waals surface area contributed by atoms with E-state index in [0.717, 1.165) is 52.2 Å². The van der Waals surface area contributed by atoms with E-state index in [0.29, 0.717) is 13.2 Å². The van der Waals surface area contributed by atoms with Crippen LogP contribution in [-0.2, 0) is 14.3 Å². The Labute approximate surface area is 186 Å². The monoisotopic (exact) mass is 447 g/mol. The van der Waals surface area contributed by atoms with Crippen molar-refractivity contribution in [2.75, 3.05) is 59.7 Å². The zero-order valence-electron chi connectivity index (χ0n) is 17.4. The molecule has 166 valence electrons. The number of carbonyl (C=O) groups is 1. The van der Waals surface area contributed by atoms with Crippen LogP contribution in [0.1, 0.15) is 30.0 Å². The maximum Gasteiger partial charge on any atom is 0.228 e. The van der Waals surface area contributed by atoms with Crippen LogP contribution >= 0.6 is 24.8 Å². The Kier molecular flexibility index (Phi) is 11.5. The molecule has 29 heavy (non-hydrogen) atoms. The molecule has 2 aliphatic heterocycles. The van der Waals surface area contributed by atoms with Crippen LogP contribution in [-0.4, -0.2) is 70.5 Å². The second kappa shape index (κ2) is 12.7. The summed E-state index contributed by atoms with van der Waals surface area (Å²) < 4.78 is 10.9. The molecule has 0 radical (unpaired) electrons. The van der Waals surface area contributed by atoms with Crippen molar-refractivity contribution in [1.29, 1.82) is 0 Å². The summed E-state index contributed by atoms with van der Waals surface area (Å²) in [5.41, 5.74) is 2.08. The molecule has 0 aliphatic carbocycles. The predicted octanol–water partition coefficient (Wildman–Crippen LogP) is 2.34. The molecular weight excluding hydrogens is 413 g/mol. The van der Waals surface area contributed by atoms with Gasteiger partial charge in [-0.2, -0.15) is 0 Å². The summed E-state index contributed by atoms with van der Waals surface area (Å²) in [5.74, 6) is 0.122. The van der Waals surface area contributed by atoms with Crippen LogP contribution in [0.2, 0.25) is 0 Å². The molecule has 1 amide bonds. The van der Waals surface area contributed by atoms with Gasteiger partial charge in [-0.05, 0) is 38.4 Å². The lowest BCUT2D eigenvalue weighted by molar-refractivity contribution is -0.136. The molecule has 3 rings (SSSR count). The Bertz CT molecular complexity index is 615. The highest BCUT2D eigenvalue weighted by Crippen LogP contribution is 2.30. The average molecular weight is 448 g/mol. The lowest BCUT2D eigenvalue weighted by Gasteiger charge is -2.38. The highest BCUT2D eigenvalue weighted by atomic mass is 35.5. The fraction of sp³-hybridized carbons (Fsp3) is 0.667. The molecule has 2 saturated heterocycles. The van der Waals surface area contributed by atoms with Gasteiger partial charge >= 0.3 is 0 Å². The van der Waals surface area contributed by atoms with Crippen LogP contribution in [0.15, 0.2) is 24.3 Å². The number of piperidine rings is 1. The quantitative estimate of drug-likeness (QED) is 0.671. The first-order valence-electron chi connectivity index (χ1n) is 10.0. The highest BCUT2D eigenvalue weighted by molar-refractivity contribution is 5.85. The fourth-order valence-corrected chi connectivity index (χ4v) is 4.22. The van der Waals surface area contributed by atoms with Crippen molar-refractivity contribution in [3.8, 4) is 0 Å². The number of methoxy groups -OCH3 is 1. The minimum Gasteiger partial charge on any atom is -0.384 e. The maximum absolute atomic E-state index is 13.1. The van der Waals surface area contributed by atoms with Gasteiger partial charge in [-0.1, -0.05) is 29.8 Å². The molecule has 8 heteroatoms. The van der Waals surface area contributed by atoms with Crippen molar-refractivity contribution in [2.45, 2.75) is 25.8 Å². The number of rotatable bonds is 7. The minimum absolute atomic E-state index is 0. The smallest absolute Gasteiger partial charge is 0.228 e. The molecule has 1 atom stereocenters. The second-order valence-corrected chi connectivity index (χ2v) is 7.75. The number of morpholine rings is 1. The number of carbonyl (C=O) groups excluding carboxylic acids is 1. The predicted molar refractivity (Wildman–Crippen MR) is 120 cm³/mol. The summed E-state index contributed by atoms with van der Waals surface area (Å²) >= 11 is 0. The lowest BCUT2D eigenvalue weighted by atomic mass is 9.78. The summed E-state index contributed by atoms with van der Waals surface area (Å²) in [6.07, 6.45) is 1.64. The summed E-state index contributed by atoms with van der Waals surface area (Å²) in [6.45, 7) is 8.20. The third-order valence-corrected chi connectivity index (χ3v) is 5.83. The Morgan fingerprint density at radius 2 is 1.97 bits per heavy atom. The molecule has 1 aromatic rings. The van der Waals surface area contributed by atoms with Crippen molar-refractivity contribution < 1.29 is 14.3 Å². The summed E-state index contributed by atoms with van der Waals surface area (Å²) in [6, 6.07) is 8.76. The topological polar surface area (TPSA) is 62.8 Å². The lowest BCUT2D eigenvalue weighted by Crippen LogP contribution is -2.52. The number of hydrogen-bond donors (Lipinski definition) is 2. The molecule has 6 nitrogen and oxygen atoms in total. The van der Waals surface area contributed by atoms with Crippen LogP contribution in [0.5, 0.6) is 0 Å². The SMILES string of the molecule is COCC1(C(=O)NCC(c2cccc(C)c2)N2CCOCC2)CCNCC1.Cl.Cl. The normalized spacial score (nSPS) is 20.1. The molecule has 2 N–H and O–H groups in total. The number of halogens is 2. The third kappa shape index (κ3) is 6.81. The molecule has 2 fully saturated rings. The molecule has 2 heterocycles. The van der Waals surface area contributed by atoms with Gasteiger partial charge in [0.25, 0.3) is 0 Å². The fourth-order valence-electron chi connectivity index (χ4n) is 4.22. The summed E-state index contributed by atoms with van der Waals surface area (Å²) in [4.78, 5) is 15.6. The minimum atomic E-state index is -0.415. The van der Waals surface area contributed by atoms with Gasteiger partial charge in [0, 0.05) is 26.7 Å². The van der Waals surface area contributed by atoms with Crippen molar-refractivity contribution in [1.82, 2.24) is 15.5 Å². The highest BCUT2D eigenvalue weighted by Gasteiger charge is 2.40. The van der Waals surface area contributed by atoms with Crippen LogP contribution in [0, 0.1) is 12.3 Å². The number of nitrogens with zero attached hydrogens (tertiary/aromatic N) is 1. The Morgan fingerprint density at radius 3 is 2.59 bits per heavy atom. The number of ether oxygens (including phenoxy) is 2. The van der Waals surface area contributed by atoms with E-state index in [1.54, 1.807) is 7.11 Å². The van der Waals surface area contributed by atoms with Gasteiger partial charge in [0.15, 0.2) is 0 Å². The molecule has 0 aromatic heterocycles. The average Bonchev–Trinajstić information content (AvgIpc) is 2.70. The van der Waals surface area contributed by atoms with E-state index in [2.05, 4.69) is 46.7 Å². The first kappa shape index (κ1) is 26.1. The zero-order valence-corrected chi connectivity index (χ0v) is 19.1. The standard InChI is InChI=1S/C21H33N3O3.2ClH/c1-17-4-3-5-18(14-17)19(24-10-12-27-13-11-24)15-23-20(25)21(16-26-2)6-8-22-9-7-21;;/h3-5,14,19,22H,6-13,15-16H2,1-2H3,(H,23,25);2*1H. The van der Waals surface area contributed by atoms with E-state index in [1.165, 1.54) is 11.1 Å².